The number of nitrogens with one attached hydrogen (secondary N) is 1. The third-order valence-corrected chi connectivity index (χ3v) is 8.27. The summed E-state index contributed by atoms with van der Waals surface area (Å²) in [5.74, 6) is -4.71. The summed E-state index contributed by atoms with van der Waals surface area (Å²) in [7, 11) is 1.41. The standard InChI is InChI=1S/C26H31NO10/c1-11(23(32)33)27-9-13-19-22(31)21(30)18-14-6-7-16(29)25(14,3)8-15(36-12(2)28)20(18)26(19,4)17(10-35-5)37-24(13)34/h9,11,14-15,17,27,31H,6-8,10H2,1-5H3,(H,32,33)/b13-9-/t11?,14?,15?,17?,25-,26-/m0/s1. The summed E-state index contributed by atoms with van der Waals surface area (Å²) in [6, 6.07) is -1.09. The second kappa shape index (κ2) is 9.13. The van der Waals surface area contributed by atoms with Crippen LogP contribution in [0.2, 0.25) is 0 Å². The lowest BCUT2D eigenvalue weighted by Gasteiger charge is -2.53. The summed E-state index contributed by atoms with van der Waals surface area (Å²) >= 11 is 0. The molecule has 0 radical (unpaired) electrons. The third-order valence-electron chi connectivity index (χ3n) is 8.27. The number of cyclic esters (lactones) is 1. The van der Waals surface area contributed by atoms with Crippen molar-refractivity contribution in [2.75, 3.05) is 13.7 Å². The molecule has 1 aliphatic heterocycles. The van der Waals surface area contributed by atoms with Crippen LogP contribution in [0, 0.1) is 16.7 Å². The number of aliphatic hydroxyl groups is 1. The van der Waals surface area contributed by atoms with Crippen molar-refractivity contribution in [3.63, 3.8) is 0 Å². The van der Waals surface area contributed by atoms with Gasteiger partial charge in [-0.1, -0.05) is 6.92 Å². The number of ketones is 2. The molecule has 11 heteroatoms. The van der Waals surface area contributed by atoms with E-state index in [9.17, 15) is 34.2 Å². The minimum absolute atomic E-state index is 0.0515. The first kappa shape index (κ1) is 26.6. The molecule has 2 fully saturated rings. The molecule has 0 aromatic rings. The highest BCUT2D eigenvalue weighted by molar-refractivity contribution is 6.14. The lowest BCUT2D eigenvalue weighted by atomic mass is 9.53. The van der Waals surface area contributed by atoms with Crippen LogP contribution in [-0.4, -0.2) is 71.7 Å². The van der Waals surface area contributed by atoms with Crippen molar-refractivity contribution in [3.05, 3.63) is 34.3 Å². The zero-order chi connectivity index (χ0) is 27.4. The average Bonchev–Trinajstić information content (AvgIpc) is 3.11. The van der Waals surface area contributed by atoms with Gasteiger partial charge in [-0.2, -0.15) is 0 Å². The summed E-state index contributed by atoms with van der Waals surface area (Å²) in [5.41, 5.74) is -2.08. The van der Waals surface area contributed by atoms with E-state index in [1.54, 1.807) is 13.8 Å². The molecule has 4 rings (SSSR count). The van der Waals surface area contributed by atoms with E-state index in [0.29, 0.717) is 12.0 Å². The fourth-order valence-electron chi connectivity index (χ4n) is 6.38. The van der Waals surface area contributed by atoms with Crippen LogP contribution < -0.4 is 5.32 Å². The molecule has 1 saturated carbocycles. The van der Waals surface area contributed by atoms with Crippen LogP contribution in [0.4, 0.5) is 0 Å². The smallest absolute Gasteiger partial charge is 0.340 e. The van der Waals surface area contributed by atoms with Crippen LogP contribution in [0.5, 0.6) is 0 Å². The van der Waals surface area contributed by atoms with Crippen molar-refractivity contribution in [3.8, 4) is 0 Å². The molecule has 0 aromatic heterocycles. The Morgan fingerprint density at radius 3 is 2.54 bits per heavy atom. The molecule has 1 heterocycles. The van der Waals surface area contributed by atoms with E-state index in [1.807, 2.05) is 0 Å². The van der Waals surface area contributed by atoms with Gasteiger partial charge in [-0.3, -0.25) is 19.2 Å². The van der Waals surface area contributed by atoms with Crippen molar-refractivity contribution >= 4 is 29.5 Å². The fraction of sp³-hybridized carbons (Fsp3) is 0.577. The average molecular weight is 518 g/mol. The maximum absolute atomic E-state index is 13.8. The fourth-order valence-corrected chi connectivity index (χ4v) is 6.38. The van der Waals surface area contributed by atoms with Crippen LogP contribution in [-0.2, 0) is 38.2 Å². The minimum Gasteiger partial charge on any atom is -0.504 e. The Morgan fingerprint density at radius 1 is 1.27 bits per heavy atom. The Hall–Kier alpha value is -3.47. The number of esters is 2. The minimum atomic E-state index is -1.38. The SMILES string of the molecule is COCC1OC(=O)/C(=C\NC(C)C(=O)O)C2=C(O)C(=O)C3=C(C(OC(C)=O)C[C@]4(C)C(=O)CCC34)[C@]21C. The largest absolute Gasteiger partial charge is 0.504 e. The summed E-state index contributed by atoms with van der Waals surface area (Å²) in [5, 5.41) is 23.2. The van der Waals surface area contributed by atoms with Gasteiger partial charge in [-0.15, -0.1) is 0 Å². The normalized spacial score (nSPS) is 35.0. The molecule has 0 bridgehead atoms. The quantitative estimate of drug-likeness (QED) is 0.345. The molecule has 200 valence electrons. The second-order valence-electron chi connectivity index (χ2n) is 10.5. The number of fused-ring (bicyclic) bond motifs is 4. The molecule has 4 aliphatic rings. The van der Waals surface area contributed by atoms with Crippen LogP contribution in [0.3, 0.4) is 0 Å². The van der Waals surface area contributed by atoms with E-state index in [1.165, 1.54) is 21.0 Å². The summed E-state index contributed by atoms with van der Waals surface area (Å²) < 4.78 is 16.8. The number of methoxy groups -OCH3 is 1. The first-order valence-electron chi connectivity index (χ1n) is 12.1. The van der Waals surface area contributed by atoms with Gasteiger partial charge in [0.15, 0.2) is 5.76 Å². The van der Waals surface area contributed by atoms with E-state index in [2.05, 4.69) is 5.32 Å². The first-order chi connectivity index (χ1) is 17.3. The number of carbonyl (C=O) groups is 5. The summed E-state index contributed by atoms with van der Waals surface area (Å²) in [6.45, 7) is 5.89. The number of carboxylic acid groups (broad SMARTS) is 1. The number of carbonyl (C=O) groups excluding carboxylic acids is 4. The van der Waals surface area contributed by atoms with Gasteiger partial charge in [-0.25, -0.2) is 4.79 Å². The zero-order valence-corrected chi connectivity index (χ0v) is 21.4. The Morgan fingerprint density at radius 2 is 1.95 bits per heavy atom. The Kier molecular flexibility index (Phi) is 6.56. The van der Waals surface area contributed by atoms with E-state index in [0.717, 1.165) is 6.20 Å². The molecule has 4 unspecified atom stereocenters. The van der Waals surface area contributed by atoms with Crippen LogP contribution in [0.1, 0.15) is 47.0 Å². The lowest BCUT2D eigenvalue weighted by Crippen LogP contribution is -2.57. The van der Waals surface area contributed by atoms with E-state index in [-0.39, 0.29) is 42.0 Å². The van der Waals surface area contributed by atoms with Crippen LogP contribution in [0.15, 0.2) is 34.3 Å². The number of aliphatic carboxylic acids is 1. The highest BCUT2D eigenvalue weighted by Gasteiger charge is 2.64. The first-order valence-corrected chi connectivity index (χ1v) is 12.1. The van der Waals surface area contributed by atoms with Gasteiger partial charge >= 0.3 is 17.9 Å². The molecule has 0 amide bonds. The van der Waals surface area contributed by atoms with Crippen molar-refractivity contribution in [2.24, 2.45) is 16.7 Å². The number of hydrogen-bond acceptors (Lipinski definition) is 10. The predicted octanol–water partition coefficient (Wildman–Crippen LogP) is 1.52. The van der Waals surface area contributed by atoms with Gasteiger partial charge in [0.1, 0.15) is 24.0 Å². The highest BCUT2D eigenvalue weighted by atomic mass is 16.6. The van der Waals surface area contributed by atoms with Crippen LogP contribution in [0.25, 0.3) is 0 Å². The maximum atomic E-state index is 13.8. The van der Waals surface area contributed by atoms with Crippen molar-refractivity contribution in [1.82, 2.24) is 5.32 Å². The van der Waals surface area contributed by atoms with Crippen molar-refractivity contribution in [1.29, 1.82) is 0 Å². The van der Waals surface area contributed by atoms with Gasteiger partial charge in [0.25, 0.3) is 0 Å². The third kappa shape index (κ3) is 3.87. The van der Waals surface area contributed by atoms with Gasteiger partial charge in [0, 0.05) is 55.6 Å². The Bertz CT molecular complexity index is 1200. The zero-order valence-electron chi connectivity index (χ0n) is 21.4. The van der Waals surface area contributed by atoms with Crippen molar-refractivity contribution < 1.29 is 48.4 Å². The molecule has 1 saturated heterocycles. The van der Waals surface area contributed by atoms with E-state index < -0.39 is 64.4 Å². The second-order valence-corrected chi connectivity index (χ2v) is 10.5. The molecule has 3 aliphatic carbocycles. The molecule has 11 nitrogen and oxygen atoms in total. The monoisotopic (exact) mass is 517 g/mol. The van der Waals surface area contributed by atoms with E-state index >= 15 is 0 Å². The van der Waals surface area contributed by atoms with Crippen molar-refractivity contribution in [2.45, 2.75) is 65.2 Å². The number of carboxylic acids is 1. The maximum Gasteiger partial charge on any atom is 0.340 e. The summed E-state index contributed by atoms with van der Waals surface area (Å²) in [4.78, 5) is 63.3. The van der Waals surface area contributed by atoms with Gasteiger partial charge < -0.3 is 29.7 Å². The molecule has 0 aromatic carbocycles. The lowest BCUT2D eigenvalue weighted by molar-refractivity contribution is -0.160. The molecule has 0 spiro atoms. The Balaban J connectivity index is 1.99. The number of rotatable bonds is 6. The number of aliphatic hydroxyl groups excluding tert-OH is 1. The topological polar surface area (TPSA) is 166 Å². The number of Topliss-reactive ketones (excluding diaryl/α,β-unsaturated/α-hetero) is 2. The molecule has 3 N–H and O–H groups in total. The van der Waals surface area contributed by atoms with Gasteiger partial charge in [0.05, 0.1) is 17.6 Å². The molecular weight excluding hydrogens is 486 g/mol. The number of allylic oxidation sites excluding steroid dienone is 1. The highest BCUT2D eigenvalue weighted by Crippen LogP contribution is 2.62. The van der Waals surface area contributed by atoms with Gasteiger partial charge in [-0.05, 0) is 25.8 Å². The number of ether oxygens (including phenoxy) is 3. The van der Waals surface area contributed by atoms with Crippen LogP contribution >= 0.6 is 0 Å². The Labute approximate surface area is 213 Å². The van der Waals surface area contributed by atoms with E-state index in [4.69, 9.17) is 14.2 Å². The molecular formula is C26H31NO10. The summed E-state index contributed by atoms with van der Waals surface area (Å²) in [6.07, 6.45) is -0.150. The predicted molar refractivity (Wildman–Crippen MR) is 126 cm³/mol. The van der Waals surface area contributed by atoms with Gasteiger partial charge in [0.2, 0.25) is 5.78 Å². The molecule has 37 heavy (non-hydrogen) atoms. The molecule has 6 atom stereocenters. The number of hydrogen-bond donors (Lipinski definition) is 3.